The van der Waals surface area contributed by atoms with Gasteiger partial charge in [0.2, 0.25) is 0 Å². The Balaban J connectivity index is 2.34. The van der Waals surface area contributed by atoms with Crippen molar-refractivity contribution in [3.8, 4) is 0 Å². The average molecular weight is 228 g/mol. The Bertz CT molecular complexity index is 194. The molecule has 0 aromatic rings. The minimum atomic E-state index is 0.327. The van der Waals surface area contributed by atoms with Gasteiger partial charge in [-0.05, 0) is 37.3 Å². The number of nitrogens with zero attached hydrogens (tertiary/aromatic N) is 1. The predicted octanol–water partition coefficient (Wildman–Crippen LogP) is 1.33. The van der Waals surface area contributed by atoms with Gasteiger partial charge in [0, 0.05) is 26.2 Å². The van der Waals surface area contributed by atoms with Crippen LogP contribution in [-0.4, -0.2) is 49.3 Å². The third-order valence-electron chi connectivity index (χ3n) is 3.37. The van der Waals surface area contributed by atoms with Crippen molar-refractivity contribution >= 4 is 0 Å². The molecule has 1 heterocycles. The zero-order valence-electron chi connectivity index (χ0n) is 11.1. The van der Waals surface area contributed by atoms with Gasteiger partial charge < -0.3 is 15.3 Å². The molecule has 1 fully saturated rings. The Hall–Kier alpha value is -0.120. The Morgan fingerprint density at radius 1 is 1.44 bits per heavy atom. The normalized spacial score (nSPS) is 23.6. The van der Waals surface area contributed by atoms with Crippen LogP contribution < -0.4 is 5.32 Å². The molecule has 3 heteroatoms. The molecule has 0 aromatic heterocycles. The van der Waals surface area contributed by atoms with Crippen LogP contribution in [0.3, 0.4) is 0 Å². The summed E-state index contributed by atoms with van der Waals surface area (Å²) in [6.07, 6.45) is 2.43. The van der Waals surface area contributed by atoms with Crippen LogP contribution in [0.1, 0.15) is 33.6 Å². The molecule has 0 radical (unpaired) electrons. The largest absolute Gasteiger partial charge is 0.396 e. The van der Waals surface area contributed by atoms with Crippen LogP contribution in [0.5, 0.6) is 0 Å². The van der Waals surface area contributed by atoms with Crippen LogP contribution in [-0.2, 0) is 0 Å². The highest BCUT2D eigenvalue weighted by Gasteiger charge is 2.25. The van der Waals surface area contributed by atoms with Gasteiger partial charge in [-0.15, -0.1) is 0 Å². The molecular formula is C13H28N2O. The minimum absolute atomic E-state index is 0.327. The van der Waals surface area contributed by atoms with E-state index >= 15 is 0 Å². The van der Waals surface area contributed by atoms with Gasteiger partial charge in [-0.2, -0.15) is 0 Å². The fourth-order valence-corrected chi connectivity index (χ4v) is 2.57. The van der Waals surface area contributed by atoms with Gasteiger partial charge in [0.05, 0.1) is 0 Å². The summed E-state index contributed by atoms with van der Waals surface area (Å²) >= 11 is 0. The van der Waals surface area contributed by atoms with E-state index in [1.807, 2.05) is 0 Å². The number of nitrogens with one attached hydrogen (secondary N) is 1. The lowest BCUT2D eigenvalue weighted by molar-refractivity contribution is 0.0891. The van der Waals surface area contributed by atoms with Crippen molar-refractivity contribution in [1.82, 2.24) is 10.2 Å². The van der Waals surface area contributed by atoms with Crippen LogP contribution in [0.25, 0.3) is 0 Å². The molecule has 1 aliphatic rings. The summed E-state index contributed by atoms with van der Waals surface area (Å²) in [6.45, 7) is 12.7. The second-order valence-corrected chi connectivity index (χ2v) is 5.87. The SMILES string of the molecule is CCNCC(C)(C)CN1CCCC(CO)C1. The average Bonchev–Trinajstić information content (AvgIpc) is 2.26. The van der Waals surface area contributed by atoms with Gasteiger partial charge in [-0.3, -0.25) is 0 Å². The first-order valence-corrected chi connectivity index (χ1v) is 6.61. The molecule has 0 bridgehead atoms. The van der Waals surface area contributed by atoms with E-state index in [9.17, 15) is 5.11 Å². The van der Waals surface area contributed by atoms with Crippen molar-refractivity contribution in [3.05, 3.63) is 0 Å². The summed E-state index contributed by atoms with van der Waals surface area (Å²) in [7, 11) is 0. The standard InChI is InChI=1S/C13H28N2O/c1-4-14-10-13(2,3)11-15-7-5-6-12(8-15)9-16/h12,14,16H,4-11H2,1-3H3. The zero-order valence-corrected chi connectivity index (χ0v) is 11.1. The lowest BCUT2D eigenvalue weighted by atomic mass is 9.90. The van der Waals surface area contributed by atoms with Crippen molar-refractivity contribution in [1.29, 1.82) is 0 Å². The first kappa shape index (κ1) is 13.9. The molecule has 1 unspecified atom stereocenters. The van der Waals surface area contributed by atoms with E-state index in [0.717, 1.165) is 26.2 Å². The third-order valence-corrected chi connectivity index (χ3v) is 3.37. The maximum atomic E-state index is 9.21. The molecule has 0 spiro atoms. The molecule has 0 amide bonds. The molecule has 96 valence electrons. The number of hydrogen-bond acceptors (Lipinski definition) is 3. The Labute approximate surface area is 100 Å². The number of aliphatic hydroxyl groups excluding tert-OH is 1. The van der Waals surface area contributed by atoms with Crippen LogP contribution in [0.15, 0.2) is 0 Å². The fraction of sp³-hybridized carbons (Fsp3) is 1.00. The maximum absolute atomic E-state index is 9.21. The number of aliphatic hydroxyl groups is 1. The summed E-state index contributed by atoms with van der Waals surface area (Å²) in [5.74, 6) is 0.503. The molecule has 3 nitrogen and oxygen atoms in total. The topological polar surface area (TPSA) is 35.5 Å². The highest BCUT2D eigenvalue weighted by Crippen LogP contribution is 2.21. The lowest BCUT2D eigenvalue weighted by Crippen LogP contribution is -2.45. The van der Waals surface area contributed by atoms with Crippen LogP contribution in [0.4, 0.5) is 0 Å². The van der Waals surface area contributed by atoms with Crippen molar-refractivity contribution in [2.24, 2.45) is 11.3 Å². The second kappa shape index (κ2) is 6.58. The van der Waals surface area contributed by atoms with E-state index in [-0.39, 0.29) is 0 Å². The number of rotatable bonds is 6. The van der Waals surface area contributed by atoms with E-state index in [1.165, 1.54) is 19.4 Å². The van der Waals surface area contributed by atoms with Crippen molar-refractivity contribution in [3.63, 3.8) is 0 Å². The Kier molecular flexibility index (Phi) is 5.73. The highest BCUT2D eigenvalue weighted by molar-refractivity contribution is 4.80. The van der Waals surface area contributed by atoms with E-state index in [2.05, 4.69) is 31.0 Å². The minimum Gasteiger partial charge on any atom is -0.396 e. The smallest absolute Gasteiger partial charge is 0.0471 e. The molecule has 1 aliphatic heterocycles. The van der Waals surface area contributed by atoms with Gasteiger partial charge in [0.15, 0.2) is 0 Å². The fourth-order valence-electron chi connectivity index (χ4n) is 2.57. The molecule has 1 rings (SSSR count). The zero-order chi connectivity index (χ0) is 12.0. The van der Waals surface area contributed by atoms with Crippen LogP contribution >= 0.6 is 0 Å². The summed E-state index contributed by atoms with van der Waals surface area (Å²) in [4.78, 5) is 2.52. The van der Waals surface area contributed by atoms with Crippen LogP contribution in [0, 0.1) is 11.3 Å². The number of likely N-dealkylation sites (tertiary alicyclic amines) is 1. The summed E-state index contributed by atoms with van der Waals surface area (Å²) in [5, 5.41) is 12.6. The lowest BCUT2D eigenvalue weighted by Gasteiger charge is -2.37. The summed E-state index contributed by atoms with van der Waals surface area (Å²) in [5.41, 5.74) is 0.327. The van der Waals surface area contributed by atoms with Gasteiger partial charge in [-0.25, -0.2) is 0 Å². The first-order chi connectivity index (χ1) is 7.57. The number of piperidine rings is 1. The van der Waals surface area contributed by atoms with Crippen molar-refractivity contribution < 1.29 is 5.11 Å². The Morgan fingerprint density at radius 2 is 2.19 bits per heavy atom. The number of hydrogen-bond donors (Lipinski definition) is 2. The van der Waals surface area contributed by atoms with E-state index in [0.29, 0.717) is 17.9 Å². The van der Waals surface area contributed by atoms with E-state index in [1.54, 1.807) is 0 Å². The van der Waals surface area contributed by atoms with E-state index in [4.69, 9.17) is 0 Å². The molecule has 0 aliphatic carbocycles. The van der Waals surface area contributed by atoms with Crippen molar-refractivity contribution in [2.45, 2.75) is 33.6 Å². The molecule has 1 saturated heterocycles. The van der Waals surface area contributed by atoms with E-state index < -0.39 is 0 Å². The van der Waals surface area contributed by atoms with Crippen molar-refractivity contribution in [2.75, 3.05) is 39.3 Å². The molecule has 1 atom stereocenters. The quantitative estimate of drug-likeness (QED) is 0.720. The Morgan fingerprint density at radius 3 is 2.81 bits per heavy atom. The van der Waals surface area contributed by atoms with Gasteiger partial charge in [0.1, 0.15) is 0 Å². The molecule has 0 saturated carbocycles. The van der Waals surface area contributed by atoms with Gasteiger partial charge in [0.25, 0.3) is 0 Å². The molecule has 2 N–H and O–H groups in total. The van der Waals surface area contributed by atoms with Crippen LogP contribution in [0.2, 0.25) is 0 Å². The monoisotopic (exact) mass is 228 g/mol. The molecular weight excluding hydrogens is 200 g/mol. The maximum Gasteiger partial charge on any atom is 0.0471 e. The highest BCUT2D eigenvalue weighted by atomic mass is 16.3. The first-order valence-electron chi connectivity index (χ1n) is 6.61. The molecule has 0 aromatic carbocycles. The molecule has 16 heavy (non-hydrogen) atoms. The third kappa shape index (κ3) is 4.81. The van der Waals surface area contributed by atoms with Gasteiger partial charge in [-0.1, -0.05) is 20.8 Å². The predicted molar refractivity (Wildman–Crippen MR) is 68.6 cm³/mol. The van der Waals surface area contributed by atoms with Gasteiger partial charge >= 0.3 is 0 Å². The summed E-state index contributed by atoms with van der Waals surface area (Å²) < 4.78 is 0. The second-order valence-electron chi connectivity index (χ2n) is 5.87. The summed E-state index contributed by atoms with van der Waals surface area (Å²) in [6, 6.07) is 0.